The molecule has 2 atom stereocenters. The van der Waals surface area contributed by atoms with Crippen LogP contribution in [0.3, 0.4) is 0 Å². The lowest BCUT2D eigenvalue weighted by Crippen LogP contribution is -2.39. The Labute approximate surface area is 139 Å². The second-order valence-corrected chi connectivity index (χ2v) is 6.77. The quantitative estimate of drug-likeness (QED) is 0.837. The molecule has 0 heterocycles. The van der Waals surface area contributed by atoms with Crippen molar-refractivity contribution >= 4 is 10.8 Å². The molecule has 0 aliphatic carbocycles. The molecule has 0 fully saturated rings. The van der Waals surface area contributed by atoms with Crippen LogP contribution in [0, 0.1) is 5.92 Å². The van der Waals surface area contributed by atoms with Crippen molar-refractivity contribution in [3.05, 3.63) is 42.0 Å². The van der Waals surface area contributed by atoms with Gasteiger partial charge >= 0.3 is 0 Å². The number of nitrogens with zero attached hydrogens (tertiary/aromatic N) is 1. The maximum absolute atomic E-state index is 11.4. The van der Waals surface area contributed by atoms with Crippen LogP contribution in [0.1, 0.15) is 32.3 Å². The van der Waals surface area contributed by atoms with Gasteiger partial charge in [-0.1, -0.05) is 38.5 Å². The van der Waals surface area contributed by atoms with Gasteiger partial charge in [0.1, 0.15) is 5.75 Å². The number of hydrogen-bond acceptors (Lipinski definition) is 3. The molecule has 0 aliphatic rings. The third-order valence-corrected chi connectivity index (χ3v) is 4.63. The summed E-state index contributed by atoms with van der Waals surface area (Å²) in [5.41, 5.74) is 0.207. The van der Waals surface area contributed by atoms with Crippen molar-refractivity contribution in [2.75, 3.05) is 27.7 Å². The molecule has 1 N–H and O–H groups in total. The molecule has 2 aromatic rings. The number of ether oxygens (including phenoxy) is 1. The van der Waals surface area contributed by atoms with Crippen molar-refractivity contribution in [2.24, 2.45) is 5.92 Å². The first-order valence-corrected chi connectivity index (χ1v) is 8.36. The second-order valence-electron chi connectivity index (χ2n) is 6.77. The van der Waals surface area contributed by atoms with E-state index >= 15 is 0 Å². The van der Waals surface area contributed by atoms with E-state index in [2.05, 4.69) is 57.1 Å². The summed E-state index contributed by atoms with van der Waals surface area (Å²) in [6.45, 7) is 5.12. The van der Waals surface area contributed by atoms with Gasteiger partial charge in [-0.2, -0.15) is 0 Å². The molecule has 0 saturated heterocycles. The number of rotatable bonds is 7. The molecule has 3 heteroatoms. The maximum Gasteiger partial charge on any atom is 0.119 e. The molecule has 0 aromatic heterocycles. The Hall–Kier alpha value is -1.58. The Morgan fingerprint density at radius 3 is 2.39 bits per heavy atom. The van der Waals surface area contributed by atoms with E-state index in [1.165, 1.54) is 0 Å². The Morgan fingerprint density at radius 1 is 1.13 bits per heavy atom. The normalized spacial score (nSPS) is 15.6. The van der Waals surface area contributed by atoms with Gasteiger partial charge in [0.25, 0.3) is 0 Å². The monoisotopic (exact) mass is 315 g/mol. The van der Waals surface area contributed by atoms with E-state index in [4.69, 9.17) is 4.74 Å². The van der Waals surface area contributed by atoms with Crippen LogP contribution in [-0.2, 0) is 5.60 Å². The van der Waals surface area contributed by atoms with Gasteiger partial charge in [0, 0.05) is 12.5 Å². The zero-order chi connectivity index (χ0) is 17.0. The smallest absolute Gasteiger partial charge is 0.119 e. The van der Waals surface area contributed by atoms with Crippen LogP contribution < -0.4 is 4.74 Å². The highest BCUT2D eigenvalue weighted by atomic mass is 16.5. The lowest BCUT2D eigenvalue weighted by atomic mass is 9.78. The van der Waals surface area contributed by atoms with Crippen molar-refractivity contribution in [1.29, 1.82) is 0 Å². The zero-order valence-electron chi connectivity index (χ0n) is 15.0. The van der Waals surface area contributed by atoms with Crippen molar-refractivity contribution in [1.82, 2.24) is 4.90 Å². The Morgan fingerprint density at radius 2 is 1.78 bits per heavy atom. The number of benzene rings is 2. The average Bonchev–Trinajstić information content (AvgIpc) is 2.53. The fourth-order valence-corrected chi connectivity index (χ4v) is 3.38. The van der Waals surface area contributed by atoms with Crippen LogP contribution in [0.15, 0.2) is 36.4 Å². The summed E-state index contributed by atoms with van der Waals surface area (Å²) >= 11 is 0. The third kappa shape index (κ3) is 3.85. The highest BCUT2D eigenvalue weighted by molar-refractivity contribution is 5.84. The minimum Gasteiger partial charge on any atom is -0.497 e. The topological polar surface area (TPSA) is 32.7 Å². The number of hydrogen-bond donors (Lipinski definition) is 1. The number of fused-ring (bicyclic) bond motifs is 1. The van der Waals surface area contributed by atoms with Gasteiger partial charge in [-0.05, 0) is 55.1 Å². The van der Waals surface area contributed by atoms with E-state index < -0.39 is 5.60 Å². The highest BCUT2D eigenvalue weighted by Crippen LogP contribution is 2.36. The molecule has 0 amide bonds. The standard InChI is InChI=1S/C20H29NO2/c1-6-11-20(22,15(2)14-21(3)4)18-9-7-17-13-19(23-5)10-8-16(17)12-18/h7-10,12-13,15,22H,6,11,14H2,1-5H3. The van der Waals surface area contributed by atoms with Crippen LogP contribution in [0.4, 0.5) is 0 Å². The van der Waals surface area contributed by atoms with Gasteiger partial charge in [0.05, 0.1) is 12.7 Å². The molecular formula is C20H29NO2. The lowest BCUT2D eigenvalue weighted by molar-refractivity contribution is -0.0337. The largest absolute Gasteiger partial charge is 0.497 e. The van der Waals surface area contributed by atoms with E-state index in [0.717, 1.165) is 41.5 Å². The van der Waals surface area contributed by atoms with Crippen molar-refractivity contribution < 1.29 is 9.84 Å². The summed E-state index contributed by atoms with van der Waals surface area (Å²) in [6, 6.07) is 12.3. The summed E-state index contributed by atoms with van der Waals surface area (Å²) in [5, 5.41) is 13.7. The Balaban J connectivity index is 2.44. The third-order valence-electron chi connectivity index (χ3n) is 4.63. The molecule has 0 saturated carbocycles. The fourth-order valence-electron chi connectivity index (χ4n) is 3.38. The van der Waals surface area contributed by atoms with Crippen molar-refractivity contribution in [3.8, 4) is 5.75 Å². The molecule has 0 radical (unpaired) electrons. The van der Waals surface area contributed by atoms with Crippen LogP contribution in [0.2, 0.25) is 0 Å². The second kappa shape index (κ2) is 7.33. The van der Waals surface area contributed by atoms with Gasteiger partial charge in [0.2, 0.25) is 0 Å². The van der Waals surface area contributed by atoms with Crippen molar-refractivity contribution in [2.45, 2.75) is 32.3 Å². The van der Waals surface area contributed by atoms with E-state index in [-0.39, 0.29) is 5.92 Å². The fraction of sp³-hybridized carbons (Fsp3) is 0.500. The summed E-state index contributed by atoms with van der Waals surface area (Å²) < 4.78 is 5.29. The molecule has 0 spiro atoms. The lowest BCUT2D eigenvalue weighted by Gasteiger charge is -2.36. The van der Waals surface area contributed by atoms with Gasteiger partial charge in [-0.3, -0.25) is 0 Å². The van der Waals surface area contributed by atoms with Gasteiger partial charge < -0.3 is 14.7 Å². The first kappa shape index (κ1) is 17.8. The van der Waals surface area contributed by atoms with Crippen LogP contribution in [0.5, 0.6) is 5.75 Å². The maximum atomic E-state index is 11.4. The van der Waals surface area contributed by atoms with Crippen LogP contribution in [-0.4, -0.2) is 37.8 Å². The number of aliphatic hydroxyl groups is 1. The predicted octanol–water partition coefficient (Wildman–Crippen LogP) is 4.03. The summed E-state index contributed by atoms with van der Waals surface area (Å²) in [7, 11) is 5.78. The minimum atomic E-state index is -0.798. The van der Waals surface area contributed by atoms with Gasteiger partial charge in [0.15, 0.2) is 0 Å². The molecule has 2 unspecified atom stereocenters. The van der Waals surface area contributed by atoms with Crippen LogP contribution in [0.25, 0.3) is 10.8 Å². The summed E-state index contributed by atoms with van der Waals surface area (Å²) in [6.07, 6.45) is 1.72. The molecule has 126 valence electrons. The van der Waals surface area contributed by atoms with E-state index in [1.54, 1.807) is 7.11 Å². The Kier molecular flexibility index (Phi) is 5.66. The predicted molar refractivity (Wildman–Crippen MR) is 97.0 cm³/mol. The molecule has 0 aliphatic heterocycles. The Bertz CT molecular complexity index is 653. The van der Waals surface area contributed by atoms with E-state index in [9.17, 15) is 5.11 Å². The minimum absolute atomic E-state index is 0.160. The molecule has 2 aromatic carbocycles. The SMILES string of the molecule is CCCC(O)(c1ccc2cc(OC)ccc2c1)C(C)CN(C)C. The molecule has 0 bridgehead atoms. The molecule has 2 rings (SSSR count). The summed E-state index contributed by atoms with van der Waals surface area (Å²) in [4.78, 5) is 2.14. The highest BCUT2D eigenvalue weighted by Gasteiger charge is 2.35. The first-order chi connectivity index (χ1) is 10.9. The van der Waals surface area contributed by atoms with Gasteiger partial charge in [-0.15, -0.1) is 0 Å². The molecule has 3 nitrogen and oxygen atoms in total. The van der Waals surface area contributed by atoms with E-state index in [0.29, 0.717) is 0 Å². The first-order valence-electron chi connectivity index (χ1n) is 8.36. The van der Waals surface area contributed by atoms with Crippen molar-refractivity contribution in [3.63, 3.8) is 0 Å². The zero-order valence-corrected chi connectivity index (χ0v) is 15.0. The molecular weight excluding hydrogens is 286 g/mol. The van der Waals surface area contributed by atoms with Crippen LogP contribution >= 0.6 is 0 Å². The number of methoxy groups -OCH3 is 1. The molecule has 23 heavy (non-hydrogen) atoms. The summed E-state index contributed by atoms with van der Waals surface area (Å²) in [5.74, 6) is 1.02. The average molecular weight is 315 g/mol. The van der Waals surface area contributed by atoms with E-state index in [1.807, 2.05) is 12.1 Å². The van der Waals surface area contributed by atoms with Gasteiger partial charge in [-0.25, -0.2) is 0 Å².